The van der Waals surface area contributed by atoms with E-state index >= 15 is 0 Å². The van der Waals surface area contributed by atoms with Crippen LogP contribution in [0.15, 0.2) is 12.8 Å². The topological polar surface area (TPSA) is 12.0 Å². The highest BCUT2D eigenvalue weighted by Gasteiger charge is 1.95. The zero-order valence-corrected chi connectivity index (χ0v) is 7.19. The molecule has 0 aliphatic rings. The lowest BCUT2D eigenvalue weighted by Crippen LogP contribution is -2.07. The van der Waals surface area contributed by atoms with Crippen LogP contribution in [0.4, 0.5) is 0 Å². The standard InChI is InChI=1S/C9H19N/c1-4-9(3)7-6-8-10-5-2/h5,9-10H,2,4,6-8H2,1,3H3. The molecule has 0 aromatic heterocycles. The Bertz CT molecular complexity index is 78.8. The third-order valence-corrected chi connectivity index (χ3v) is 1.86. The minimum absolute atomic E-state index is 0.881. The molecule has 0 amide bonds. The lowest BCUT2D eigenvalue weighted by atomic mass is 10.0. The van der Waals surface area contributed by atoms with Crippen molar-refractivity contribution in [2.75, 3.05) is 6.54 Å². The van der Waals surface area contributed by atoms with E-state index in [1.807, 2.05) is 0 Å². The van der Waals surface area contributed by atoms with Gasteiger partial charge in [0.25, 0.3) is 0 Å². The van der Waals surface area contributed by atoms with Crippen molar-refractivity contribution >= 4 is 0 Å². The maximum atomic E-state index is 3.59. The first-order valence-electron chi connectivity index (χ1n) is 4.15. The van der Waals surface area contributed by atoms with Gasteiger partial charge in [-0.2, -0.15) is 0 Å². The van der Waals surface area contributed by atoms with E-state index in [0.29, 0.717) is 0 Å². The first kappa shape index (κ1) is 9.54. The van der Waals surface area contributed by atoms with Gasteiger partial charge in [-0.15, -0.1) is 0 Å². The second-order valence-electron chi connectivity index (χ2n) is 2.81. The first-order valence-corrected chi connectivity index (χ1v) is 4.15. The highest BCUT2D eigenvalue weighted by atomic mass is 14.8. The summed E-state index contributed by atoms with van der Waals surface area (Å²) in [6.45, 7) is 9.20. The summed E-state index contributed by atoms with van der Waals surface area (Å²) in [4.78, 5) is 0. The lowest BCUT2D eigenvalue weighted by molar-refractivity contribution is 0.491. The van der Waals surface area contributed by atoms with E-state index in [9.17, 15) is 0 Å². The van der Waals surface area contributed by atoms with Crippen molar-refractivity contribution in [3.05, 3.63) is 12.8 Å². The molecule has 1 nitrogen and oxygen atoms in total. The fourth-order valence-electron chi connectivity index (χ4n) is 0.859. The maximum absolute atomic E-state index is 3.59. The molecular weight excluding hydrogens is 122 g/mol. The molecule has 0 bridgehead atoms. The van der Waals surface area contributed by atoms with Gasteiger partial charge in [0.15, 0.2) is 0 Å². The molecule has 0 saturated heterocycles. The van der Waals surface area contributed by atoms with Crippen LogP contribution in [0.1, 0.15) is 33.1 Å². The van der Waals surface area contributed by atoms with Gasteiger partial charge >= 0.3 is 0 Å². The molecule has 0 spiro atoms. The Morgan fingerprint density at radius 1 is 1.60 bits per heavy atom. The third-order valence-electron chi connectivity index (χ3n) is 1.86. The molecule has 1 unspecified atom stereocenters. The van der Waals surface area contributed by atoms with Crippen LogP contribution in [0.3, 0.4) is 0 Å². The Morgan fingerprint density at radius 2 is 2.30 bits per heavy atom. The Kier molecular flexibility index (Phi) is 6.35. The fraction of sp³-hybridized carbons (Fsp3) is 0.778. The highest BCUT2D eigenvalue weighted by molar-refractivity contribution is 4.62. The summed E-state index contributed by atoms with van der Waals surface area (Å²) in [5.41, 5.74) is 0. The highest BCUT2D eigenvalue weighted by Crippen LogP contribution is 2.07. The molecule has 10 heavy (non-hydrogen) atoms. The first-order chi connectivity index (χ1) is 4.81. The predicted molar refractivity (Wildman–Crippen MR) is 46.9 cm³/mol. The molecule has 0 saturated carbocycles. The average molecular weight is 141 g/mol. The molecule has 60 valence electrons. The largest absolute Gasteiger partial charge is 0.391 e. The van der Waals surface area contributed by atoms with Crippen LogP contribution in [0.25, 0.3) is 0 Å². The molecule has 1 N–H and O–H groups in total. The second-order valence-corrected chi connectivity index (χ2v) is 2.81. The third kappa shape index (κ3) is 5.67. The van der Waals surface area contributed by atoms with E-state index in [4.69, 9.17) is 0 Å². The van der Waals surface area contributed by atoms with E-state index < -0.39 is 0 Å². The summed E-state index contributed by atoms with van der Waals surface area (Å²) < 4.78 is 0. The van der Waals surface area contributed by atoms with Gasteiger partial charge in [-0.05, 0) is 25.0 Å². The van der Waals surface area contributed by atoms with Crippen LogP contribution in [0, 0.1) is 5.92 Å². The van der Waals surface area contributed by atoms with Gasteiger partial charge in [0.05, 0.1) is 0 Å². The predicted octanol–water partition coefficient (Wildman–Crippen LogP) is 2.55. The van der Waals surface area contributed by atoms with Crippen molar-refractivity contribution in [1.82, 2.24) is 5.32 Å². The molecule has 1 heteroatoms. The molecule has 0 aromatic carbocycles. The van der Waals surface area contributed by atoms with Crippen LogP contribution < -0.4 is 5.32 Å². The van der Waals surface area contributed by atoms with E-state index in [-0.39, 0.29) is 0 Å². The van der Waals surface area contributed by atoms with Crippen LogP contribution in [-0.4, -0.2) is 6.54 Å². The Morgan fingerprint density at radius 3 is 2.80 bits per heavy atom. The fourth-order valence-corrected chi connectivity index (χ4v) is 0.859. The Balaban J connectivity index is 2.95. The van der Waals surface area contributed by atoms with E-state index in [1.54, 1.807) is 6.20 Å². The van der Waals surface area contributed by atoms with E-state index in [0.717, 1.165) is 12.5 Å². The summed E-state index contributed by atoms with van der Waals surface area (Å²) in [6.07, 6.45) is 5.66. The molecule has 0 aliphatic heterocycles. The van der Waals surface area contributed by atoms with Crippen LogP contribution in [-0.2, 0) is 0 Å². The van der Waals surface area contributed by atoms with Gasteiger partial charge < -0.3 is 5.32 Å². The SMILES string of the molecule is C=CNCCCC(C)CC. The van der Waals surface area contributed by atoms with Crippen molar-refractivity contribution in [2.45, 2.75) is 33.1 Å². The van der Waals surface area contributed by atoms with Crippen molar-refractivity contribution in [3.8, 4) is 0 Å². The maximum Gasteiger partial charge on any atom is 0.0141 e. The minimum atomic E-state index is 0.881. The lowest BCUT2D eigenvalue weighted by Gasteiger charge is -2.06. The normalized spacial score (nSPS) is 12.6. The molecule has 0 aliphatic carbocycles. The van der Waals surface area contributed by atoms with Crippen LogP contribution >= 0.6 is 0 Å². The van der Waals surface area contributed by atoms with Gasteiger partial charge in [-0.1, -0.05) is 26.8 Å². The molecule has 0 radical (unpaired) electrons. The molecule has 0 aromatic rings. The Labute approximate surface area is 64.5 Å². The van der Waals surface area contributed by atoms with Gasteiger partial charge in [0.1, 0.15) is 0 Å². The Hall–Kier alpha value is -0.460. The summed E-state index contributed by atoms with van der Waals surface area (Å²) in [7, 11) is 0. The smallest absolute Gasteiger partial charge is 0.0141 e. The number of rotatable bonds is 6. The van der Waals surface area contributed by atoms with Gasteiger partial charge in [0, 0.05) is 6.54 Å². The number of hydrogen-bond acceptors (Lipinski definition) is 1. The molecule has 0 rings (SSSR count). The van der Waals surface area contributed by atoms with Crippen LogP contribution in [0.2, 0.25) is 0 Å². The summed E-state index contributed by atoms with van der Waals surface area (Å²) in [5, 5.41) is 3.09. The van der Waals surface area contributed by atoms with E-state index in [2.05, 4.69) is 25.7 Å². The number of hydrogen-bond donors (Lipinski definition) is 1. The average Bonchev–Trinajstić information content (AvgIpc) is 1.98. The zero-order chi connectivity index (χ0) is 7.82. The van der Waals surface area contributed by atoms with Gasteiger partial charge in [0.2, 0.25) is 0 Å². The molecule has 0 fully saturated rings. The van der Waals surface area contributed by atoms with E-state index in [1.165, 1.54) is 19.3 Å². The van der Waals surface area contributed by atoms with Gasteiger partial charge in [-0.3, -0.25) is 0 Å². The molecular formula is C9H19N. The monoisotopic (exact) mass is 141 g/mol. The van der Waals surface area contributed by atoms with Gasteiger partial charge in [-0.25, -0.2) is 0 Å². The summed E-state index contributed by atoms with van der Waals surface area (Å²) in [5.74, 6) is 0.881. The zero-order valence-electron chi connectivity index (χ0n) is 7.19. The molecule has 1 atom stereocenters. The second kappa shape index (κ2) is 6.66. The molecule has 0 heterocycles. The summed E-state index contributed by atoms with van der Waals surface area (Å²) in [6, 6.07) is 0. The van der Waals surface area contributed by atoms with Crippen molar-refractivity contribution in [1.29, 1.82) is 0 Å². The van der Waals surface area contributed by atoms with Crippen LogP contribution in [0.5, 0.6) is 0 Å². The minimum Gasteiger partial charge on any atom is -0.391 e. The summed E-state index contributed by atoms with van der Waals surface area (Å²) >= 11 is 0. The number of nitrogens with one attached hydrogen (secondary N) is 1. The quantitative estimate of drug-likeness (QED) is 0.560. The van der Waals surface area contributed by atoms with Crippen molar-refractivity contribution in [3.63, 3.8) is 0 Å². The van der Waals surface area contributed by atoms with Crippen molar-refractivity contribution in [2.24, 2.45) is 5.92 Å². The van der Waals surface area contributed by atoms with Crippen molar-refractivity contribution < 1.29 is 0 Å².